The van der Waals surface area contributed by atoms with Gasteiger partial charge in [0.15, 0.2) is 0 Å². The van der Waals surface area contributed by atoms with Crippen LogP contribution in [0.3, 0.4) is 0 Å². The molecule has 0 bridgehead atoms. The smallest absolute Gasteiger partial charge is 0.248 e. The molecule has 1 fully saturated rings. The van der Waals surface area contributed by atoms with Gasteiger partial charge < -0.3 is 10.2 Å². The molecule has 1 aromatic carbocycles. The van der Waals surface area contributed by atoms with Crippen LogP contribution in [0.5, 0.6) is 0 Å². The molecule has 1 heterocycles. The van der Waals surface area contributed by atoms with Crippen LogP contribution < -0.4 is 5.32 Å². The molecule has 1 aliphatic heterocycles. The molecule has 0 aromatic heterocycles. The SMILES string of the molecule is CC1C(=O)NC(C)(C)C(=O)N1C(C)c1ccc(Cl)cc1Cl. The summed E-state index contributed by atoms with van der Waals surface area (Å²) >= 11 is 12.1. The summed E-state index contributed by atoms with van der Waals surface area (Å²) in [6.07, 6.45) is 0. The monoisotopic (exact) mass is 328 g/mol. The van der Waals surface area contributed by atoms with Crippen molar-refractivity contribution in [3.8, 4) is 0 Å². The first-order valence-electron chi connectivity index (χ1n) is 6.75. The topological polar surface area (TPSA) is 49.4 Å². The number of nitrogens with zero attached hydrogens (tertiary/aromatic N) is 1. The van der Waals surface area contributed by atoms with Crippen molar-refractivity contribution in [2.24, 2.45) is 0 Å². The minimum Gasteiger partial charge on any atom is -0.340 e. The van der Waals surface area contributed by atoms with Crippen LogP contribution in [0.4, 0.5) is 0 Å². The lowest BCUT2D eigenvalue weighted by molar-refractivity contribution is -0.155. The number of piperazine rings is 1. The maximum atomic E-state index is 12.6. The van der Waals surface area contributed by atoms with Crippen LogP contribution in [0.2, 0.25) is 10.0 Å². The molecule has 1 aliphatic rings. The first kappa shape index (κ1) is 16.1. The van der Waals surface area contributed by atoms with Gasteiger partial charge in [0.25, 0.3) is 0 Å². The second-order valence-corrected chi connectivity index (χ2v) is 6.69. The molecule has 2 unspecified atom stereocenters. The second kappa shape index (κ2) is 5.50. The number of amides is 2. The van der Waals surface area contributed by atoms with Gasteiger partial charge in [-0.05, 0) is 45.4 Å². The Bertz CT molecular complexity index is 601. The zero-order chi connectivity index (χ0) is 15.9. The normalized spacial score (nSPS) is 23.0. The fourth-order valence-corrected chi connectivity index (χ4v) is 3.16. The first-order valence-corrected chi connectivity index (χ1v) is 7.50. The molecule has 0 spiro atoms. The van der Waals surface area contributed by atoms with Crippen molar-refractivity contribution >= 4 is 35.0 Å². The molecule has 114 valence electrons. The Hall–Kier alpha value is -1.26. The zero-order valence-corrected chi connectivity index (χ0v) is 13.9. The molecule has 2 rings (SSSR count). The van der Waals surface area contributed by atoms with E-state index in [1.165, 1.54) is 0 Å². The van der Waals surface area contributed by atoms with Crippen LogP contribution in [-0.2, 0) is 9.59 Å². The summed E-state index contributed by atoms with van der Waals surface area (Å²) in [5.74, 6) is -0.301. The van der Waals surface area contributed by atoms with Gasteiger partial charge in [-0.1, -0.05) is 29.3 Å². The van der Waals surface area contributed by atoms with Crippen LogP contribution >= 0.6 is 23.2 Å². The van der Waals surface area contributed by atoms with Crippen molar-refractivity contribution in [1.29, 1.82) is 0 Å². The molecule has 2 atom stereocenters. The number of hydrogen-bond acceptors (Lipinski definition) is 2. The standard InChI is InChI=1S/C15H18Cl2N2O2/c1-8(11-6-5-10(16)7-12(11)17)19-9(2)13(20)18-15(3,4)14(19)21/h5-9H,1-4H3,(H,18,20). The van der Waals surface area contributed by atoms with E-state index in [4.69, 9.17) is 23.2 Å². The molecule has 21 heavy (non-hydrogen) atoms. The van der Waals surface area contributed by atoms with Gasteiger partial charge in [-0.25, -0.2) is 0 Å². The maximum absolute atomic E-state index is 12.6. The lowest BCUT2D eigenvalue weighted by atomic mass is 9.94. The maximum Gasteiger partial charge on any atom is 0.248 e. The van der Waals surface area contributed by atoms with Gasteiger partial charge in [-0.2, -0.15) is 0 Å². The van der Waals surface area contributed by atoms with E-state index >= 15 is 0 Å². The number of hydrogen-bond donors (Lipinski definition) is 1. The number of carbonyl (C=O) groups excluding carboxylic acids is 2. The lowest BCUT2D eigenvalue weighted by Crippen LogP contribution is -2.67. The largest absolute Gasteiger partial charge is 0.340 e. The van der Waals surface area contributed by atoms with Crippen molar-refractivity contribution in [2.75, 3.05) is 0 Å². The summed E-state index contributed by atoms with van der Waals surface area (Å²) in [5, 5.41) is 3.75. The third-order valence-corrected chi connectivity index (χ3v) is 4.39. The van der Waals surface area contributed by atoms with E-state index in [1.54, 1.807) is 43.9 Å². The highest BCUT2D eigenvalue weighted by atomic mass is 35.5. The van der Waals surface area contributed by atoms with Crippen LogP contribution in [0.25, 0.3) is 0 Å². The van der Waals surface area contributed by atoms with Gasteiger partial charge in [0, 0.05) is 10.0 Å². The summed E-state index contributed by atoms with van der Waals surface area (Å²) in [5.41, 5.74) is -0.150. The second-order valence-electron chi connectivity index (χ2n) is 5.84. The van der Waals surface area contributed by atoms with Gasteiger partial charge in [0.05, 0.1) is 6.04 Å². The highest BCUT2D eigenvalue weighted by Gasteiger charge is 2.45. The van der Waals surface area contributed by atoms with E-state index in [9.17, 15) is 9.59 Å². The number of benzene rings is 1. The number of carbonyl (C=O) groups is 2. The van der Waals surface area contributed by atoms with Crippen molar-refractivity contribution in [1.82, 2.24) is 10.2 Å². The third kappa shape index (κ3) is 2.87. The average molecular weight is 329 g/mol. The van der Waals surface area contributed by atoms with Crippen LogP contribution in [0.15, 0.2) is 18.2 Å². The van der Waals surface area contributed by atoms with Gasteiger partial charge in [0.2, 0.25) is 11.8 Å². The van der Waals surface area contributed by atoms with Crippen molar-refractivity contribution in [3.63, 3.8) is 0 Å². The zero-order valence-electron chi connectivity index (χ0n) is 12.4. The molecular weight excluding hydrogens is 311 g/mol. The minimum absolute atomic E-state index is 0.131. The van der Waals surface area contributed by atoms with E-state index in [0.717, 1.165) is 5.56 Å². The number of rotatable bonds is 2. The van der Waals surface area contributed by atoms with Crippen LogP contribution in [-0.4, -0.2) is 28.3 Å². The minimum atomic E-state index is -0.920. The molecule has 1 N–H and O–H groups in total. The van der Waals surface area contributed by atoms with Gasteiger partial charge >= 0.3 is 0 Å². The van der Waals surface area contributed by atoms with Gasteiger partial charge in [0.1, 0.15) is 11.6 Å². The number of halogens is 2. The Morgan fingerprint density at radius 2 is 1.90 bits per heavy atom. The van der Waals surface area contributed by atoms with Crippen LogP contribution in [0, 0.1) is 0 Å². The highest BCUT2D eigenvalue weighted by molar-refractivity contribution is 6.35. The van der Waals surface area contributed by atoms with Crippen molar-refractivity contribution in [3.05, 3.63) is 33.8 Å². The number of nitrogens with one attached hydrogen (secondary N) is 1. The first-order chi connectivity index (χ1) is 9.65. The van der Waals surface area contributed by atoms with E-state index in [2.05, 4.69) is 5.32 Å². The summed E-state index contributed by atoms with van der Waals surface area (Å²) < 4.78 is 0. The predicted molar refractivity (Wildman–Crippen MR) is 83.4 cm³/mol. The van der Waals surface area contributed by atoms with E-state index in [0.29, 0.717) is 10.0 Å². The summed E-state index contributed by atoms with van der Waals surface area (Å²) in [6.45, 7) is 6.96. The van der Waals surface area contributed by atoms with E-state index in [-0.39, 0.29) is 17.9 Å². The van der Waals surface area contributed by atoms with E-state index < -0.39 is 11.6 Å². The summed E-state index contributed by atoms with van der Waals surface area (Å²) in [7, 11) is 0. The fourth-order valence-electron chi connectivity index (χ4n) is 2.59. The Kier molecular flexibility index (Phi) is 4.22. The molecular formula is C15H18Cl2N2O2. The molecule has 1 aromatic rings. The Balaban J connectivity index is 2.42. The quantitative estimate of drug-likeness (QED) is 0.906. The predicted octanol–water partition coefficient (Wildman–Crippen LogP) is 3.18. The van der Waals surface area contributed by atoms with Gasteiger partial charge in [-0.15, -0.1) is 0 Å². The van der Waals surface area contributed by atoms with Crippen molar-refractivity contribution in [2.45, 2.75) is 45.3 Å². The lowest BCUT2D eigenvalue weighted by Gasteiger charge is -2.44. The molecule has 6 heteroatoms. The fraction of sp³-hybridized carbons (Fsp3) is 0.467. The highest BCUT2D eigenvalue weighted by Crippen LogP contribution is 2.33. The molecule has 2 amide bonds. The summed E-state index contributed by atoms with van der Waals surface area (Å²) in [6, 6.07) is 4.28. The molecule has 0 radical (unpaired) electrons. The molecule has 1 saturated heterocycles. The average Bonchev–Trinajstić information content (AvgIpc) is 2.36. The molecule has 0 saturated carbocycles. The molecule has 4 nitrogen and oxygen atoms in total. The van der Waals surface area contributed by atoms with E-state index in [1.807, 2.05) is 6.92 Å². The Morgan fingerprint density at radius 3 is 2.48 bits per heavy atom. The van der Waals surface area contributed by atoms with Crippen LogP contribution in [0.1, 0.15) is 39.3 Å². The third-order valence-electron chi connectivity index (χ3n) is 3.83. The van der Waals surface area contributed by atoms with Crippen molar-refractivity contribution < 1.29 is 9.59 Å². The Morgan fingerprint density at radius 1 is 1.29 bits per heavy atom. The Labute approximate surface area is 134 Å². The molecule has 0 aliphatic carbocycles. The van der Waals surface area contributed by atoms with Gasteiger partial charge in [-0.3, -0.25) is 9.59 Å². The summed E-state index contributed by atoms with van der Waals surface area (Å²) in [4.78, 5) is 26.3.